The third-order valence-corrected chi connectivity index (χ3v) is 6.11. The van der Waals surface area contributed by atoms with Crippen LogP contribution >= 0.6 is 0 Å². The molecule has 0 heterocycles. The predicted molar refractivity (Wildman–Crippen MR) is 108 cm³/mol. The van der Waals surface area contributed by atoms with Gasteiger partial charge in [0.15, 0.2) is 11.6 Å². The molecule has 4 nitrogen and oxygen atoms in total. The topological polar surface area (TPSA) is 55.8 Å². The van der Waals surface area contributed by atoms with E-state index in [0.717, 1.165) is 37.0 Å². The van der Waals surface area contributed by atoms with Gasteiger partial charge in [0.1, 0.15) is 5.75 Å². The number of aliphatic carboxylic acids is 1. The molecule has 0 amide bonds. The maximum Gasteiger partial charge on any atom is 0.306 e. The molecule has 0 aromatic heterocycles. The van der Waals surface area contributed by atoms with Crippen molar-refractivity contribution in [3.05, 3.63) is 59.9 Å². The van der Waals surface area contributed by atoms with Crippen LogP contribution in [0, 0.1) is 23.6 Å². The highest BCUT2D eigenvalue weighted by molar-refractivity contribution is 5.71. The van der Waals surface area contributed by atoms with E-state index in [1.165, 1.54) is 6.07 Å². The molecule has 5 heteroatoms. The molecule has 0 saturated heterocycles. The summed E-state index contributed by atoms with van der Waals surface area (Å²) in [4.78, 5) is 11.5. The zero-order chi connectivity index (χ0) is 20.4. The number of hydrogen-bond donors (Lipinski definition) is 1. The summed E-state index contributed by atoms with van der Waals surface area (Å²) >= 11 is 0. The Labute approximate surface area is 170 Å². The number of carboxylic acid groups (broad SMARTS) is 1. The van der Waals surface area contributed by atoms with Gasteiger partial charge in [-0.2, -0.15) is 0 Å². The van der Waals surface area contributed by atoms with Gasteiger partial charge in [-0.1, -0.05) is 31.2 Å². The summed E-state index contributed by atoms with van der Waals surface area (Å²) in [6, 6.07) is 14.3. The second kappa shape index (κ2) is 8.44. The molecule has 2 aromatic rings. The first-order chi connectivity index (χ1) is 14.0. The number of para-hydroxylation sites is 1. The maximum absolute atomic E-state index is 13.7. The summed E-state index contributed by atoms with van der Waals surface area (Å²) in [6.07, 6.45) is 3.91. The van der Waals surface area contributed by atoms with Gasteiger partial charge < -0.3 is 14.6 Å². The van der Waals surface area contributed by atoms with E-state index in [9.17, 15) is 14.3 Å². The van der Waals surface area contributed by atoms with Gasteiger partial charge in [-0.15, -0.1) is 0 Å². The largest absolute Gasteiger partial charge is 0.493 e. The first kappa shape index (κ1) is 19.7. The number of carbonyl (C=O) groups is 1. The normalized spacial score (nSPS) is 23.0. The van der Waals surface area contributed by atoms with E-state index in [4.69, 9.17) is 9.47 Å². The fraction of sp³-hybridized carbons (Fsp3) is 0.458. The Kier molecular flexibility index (Phi) is 5.74. The van der Waals surface area contributed by atoms with Crippen LogP contribution in [0.1, 0.15) is 44.1 Å². The number of rotatable bonds is 9. The highest BCUT2D eigenvalue weighted by atomic mass is 19.1. The van der Waals surface area contributed by atoms with Gasteiger partial charge in [-0.05, 0) is 73.3 Å². The van der Waals surface area contributed by atoms with Crippen molar-refractivity contribution < 1.29 is 23.8 Å². The van der Waals surface area contributed by atoms with Crippen molar-refractivity contribution in [1.29, 1.82) is 0 Å². The number of halogens is 1. The van der Waals surface area contributed by atoms with Crippen molar-refractivity contribution in [1.82, 2.24) is 0 Å². The summed E-state index contributed by atoms with van der Waals surface area (Å²) in [5, 5.41) is 9.46. The van der Waals surface area contributed by atoms with Crippen molar-refractivity contribution in [3.8, 4) is 11.5 Å². The molecule has 2 aliphatic carbocycles. The van der Waals surface area contributed by atoms with Gasteiger partial charge >= 0.3 is 5.97 Å². The lowest BCUT2D eigenvalue weighted by Crippen LogP contribution is -2.37. The zero-order valence-corrected chi connectivity index (χ0v) is 16.6. The lowest BCUT2D eigenvalue weighted by Gasteiger charge is -2.35. The minimum absolute atomic E-state index is 0.0301. The van der Waals surface area contributed by atoms with Crippen LogP contribution in [0.5, 0.6) is 11.5 Å². The fourth-order valence-electron chi connectivity index (χ4n) is 4.23. The Bertz CT molecular complexity index is 857. The molecule has 2 saturated carbocycles. The van der Waals surface area contributed by atoms with E-state index < -0.39 is 11.9 Å². The van der Waals surface area contributed by atoms with Crippen molar-refractivity contribution in [3.63, 3.8) is 0 Å². The van der Waals surface area contributed by atoms with Gasteiger partial charge in [0.05, 0.1) is 18.6 Å². The van der Waals surface area contributed by atoms with Crippen LogP contribution < -0.4 is 9.47 Å². The quantitative estimate of drug-likeness (QED) is 0.625. The summed E-state index contributed by atoms with van der Waals surface area (Å²) in [5.74, 6) is 0.492. The second-order valence-electron chi connectivity index (χ2n) is 8.38. The molecule has 2 aromatic carbocycles. The molecule has 1 unspecified atom stereocenters. The summed E-state index contributed by atoms with van der Waals surface area (Å²) in [5.41, 5.74) is 1.05. The number of hydrogen-bond acceptors (Lipinski definition) is 3. The minimum atomic E-state index is -0.747. The van der Waals surface area contributed by atoms with Crippen molar-refractivity contribution in [2.24, 2.45) is 17.8 Å². The molecular weight excluding hydrogens is 371 g/mol. The molecule has 1 N–H and O–H groups in total. The van der Waals surface area contributed by atoms with Crippen LogP contribution in [0.3, 0.4) is 0 Å². The molecule has 2 fully saturated rings. The van der Waals surface area contributed by atoms with E-state index >= 15 is 0 Å². The van der Waals surface area contributed by atoms with E-state index in [0.29, 0.717) is 24.2 Å². The van der Waals surface area contributed by atoms with Gasteiger partial charge in [-0.25, -0.2) is 4.39 Å². The molecule has 0 radical (unpaired) electrons. The van der Waals surface area contributed by atoms with Crippen LogP contribution in [-0.4, -0.2) is 23.8 Å². The molecule has 2 atom stereocenters. The number of carboxylic acids is 1. The van der Waals surface area contributed by atoms with Crippen molar-refractivity contribution >= 4 is 5.97 Å². The highest BCUT2D eigenvalue weighted by Gasteiger charge is 2.38. The molecule has 0 spiro atoms. The van der Waals surface area contributed by atoms with Crippen LogP contribution in [-0.2, 0) is 4.79 Å². The smallest absolute Gasteiger partial charge is 0.306 e. The molecule has 29 heavy (non-hydrogen) atoms. The summed E-state index contributed by atoms with van der Waals surface area (Å²) < 4.78 is 25.4. The van der Waals surface area contributed by atoms with Gasteiger partial charge in [0.25, 0.3) is 0 Å². The second-order valence-corrected chi connectivity index (χ2v) is 8.38. The average Bonchev–Trinajstić information content (AvgIpc) is 3.50. The van der Waals surface area contributed by atoms with Gasteiger partial charge in [0.2, 0.25) is 0 Å². The van der Waals surface area contributed by atoms with E-state index in [-0.39, 0.29) is 17.8 Å². The van der Waals surface area contributed by atoms with E-state index in [1.807, 2.05) is 24.3 Å². The van der Waals surface area contributed by atoms with Gasteiger partial charge in [-0.3, -0.25) is 4.79 Å². The first-order valence-corrected chi connectivity index (χ1v) is 10.4. The molecule has 0 aliphatic heterocycles. The highest BCUT2D eigenvalue weighted by Crippen LogP contribution is 2.47. The predicted octanol–water partition coefficient (Wildman–Crippen LogP) is 5.28. The maximum atomic E-state index is 13.7. The molecule has 0 bridgehead atoms. The average molecular weight is 398 g/mol. The lowest BCUT2D eigenvalue weighted by molar-refractivity contribution is -0.142. The number of benzene rings is 2. The standard InChI is InChI=1S/C24H27FO4/c1-15(24(26)27)23(17-9-10-17)18-5-4-6-19(13-18)28-14-16-11-20(12-16)29-22-8-3-2-7-21(22)25/h2-8,13,15-17,20,23H,9-12,14H2,1H3,(H,26,27)/t15-,16?,20?,23?/m0/s1. The Morgan fingerprint density at radius 2 is 1.93 bits per heavy atom. The Morgan fingerprint density at radius 1 is 1.17 bits per heavy atom. The Morgan fingerprint density at radius 3 is 2.62 bits per heavy atom. The molecule has 2 aliphatic rings. The van der Waals surface area contributed by atoms with Crippen LogP contribution in [0.2, 0.25) is 0 Å². The number of ether oxygens (including phenoxy) is 2. The first-order valence-electron chi connectivity index (χ1n) is 10.4. The lowest BCUT2D eigenvalue weighted by atomic mass is 9.82. The van der Waals surface area contributed by atoms with Crippen LogP contribution in [0.4, 0.5) is 4.39 Å². The Hall–Kier alpha value is -2.56. The van der Waals surface area contributed by atoms with Crippen LogP contribution in [0.15, 0.2) is 48.5 Å². The van der Waals surface area contributed by atoms with Crippen molar-refractivity contribution in [2.45, 2.75) is 44.6 Å². The zero-order valence-electron chi connectivity index (χ0n) is 16.6. The SMILES string of the molecule is C[C@H](C(=O)O)C(c1cccc(OCC2CC(Oc3ccccc3F)C2)c1)C1CC1. The van der Waals surface area contributed by atoms with Gasteiger partial charge in [0, 0.05) is 0 Å². The summed E-state index contributed by atoms with van der Waals surface area (Å²) in [7, 11) is 0. The third kappa shape index (κ3) is 4.72. The molecular formula is C24H27FO4. The third-order valence-electron chi connectivity index (χ3n) is 6.11. The van der Waals surface area contributed by atoms with E-state index in [2.05, 4.69) is 0 Å². The Balaban J connectivity index is 1.29. The fourth-order valence-corrected chi connectivity index (χ4v) is 4.23. The van der Waals surface area contributed by atoms with Crippen molar-refractivity contribution in [2.75, 3.05) is 6.61 Å². The van der Waals surface area contributed by atoms with Crippen LogP contribution in [0.25, 0.3) is 0 Å². The molecule has 4 rings (SSSR count). The van der Waals surface area contributed by atoms with E-state index in [1.54, 1.807) is 25.1 Å². The monoisotopic (exact) mass is 398 g/mol. The summed E-state index contributed by atoms with van der Waals surface area (Å²) in [6.45, 7) is 2.38. The minimum Gasteiger partial charge on any atom is -0.493 e. The molecule has 154 valence electrons.